The number of hydrogen-bond donors (Lipinski definition) is 2. The molecule has 90 valence electrons. The first kappa shape index (κ1) is 11.6. The number of nitrogens with one attached hydrogen (secondary N) is 1. The second-order valence-corrected chi connectivity index (χ2v) is 4.84. The zero-order chi connectivity index (χ0) is 11.4. The van der Waals surface area contributed by atoms with Gasteiger partial charge in [0.25, 0.3) is 0 Å². The fraction of sp³-hybridized carbons (Fsp3) is 0.750. The number of nitrogens with two attached hydrogens (primary N) is 1. The van der Waals surface area contributed by atoms with E-state index < -0.39 is 0 Å². The summed E-state index contributed by atoms with van der Waals surface area (Å²) in [7, 11) is 1.97. The molecule has 1 fully saturated rings. The summed E-state index contributed by atoms with van der Waals surface area (Å²) in [6, 6.07) is 2.29. The summed E-state index contributed by atoms with van der Waals surface area (Å²) >= 11 is 0. The maximum absolute atomic E-state index is 5.66. The molecule has 1 aliphatic rings. The van der Waals surface area contributed by atoms with Crippen LogP contribution in [0.2, 0.25) is 0 Å². The number of aryl methyl sites for hydroxylation is 1. The minimum Gasteiger partial charge on any atom is -0.271 e. The van der Waals surface area contributed by atoms with Gasteiger partial charge in [-0.3, -0.25) is 16.0 Å². The lowest BCUT2D eigenvalue weighted by Gasteiger charge is -2.26. The van der Waals surface area contributed by atoms with Crippen molar-refractivity contribution in [3.8, 4) is 0 Å². The first-order valence-corrected chi connectivity index (χ1v) is 6.25. The highest BCUT2D eigenvalue weighted by molar-refractivity contribution is 5.06. The molecule has 1 aliphatic carbocycles. The zero-order valence-electron chi connectivity index (χ0n) is 10.0. The van der Waals surface area contributed by atoms with Crippen LogP contribution in [0.15, 0.2) is 12.3 Å². The molecule has 0 aliphatic heterocycles. The fourth-order valence-corrected chi connectivity index (χ4v) is 2.76. The largest absolute Gasteiger partial charge is 0.271 e. The average molecular weight is 222 g/mol. The van der Waals surface area contributed by atoms with Crippen molar-refractivity contribution in [3.63, 3.8) is 0 Å². The van der Waals surface area contributed by atoms with Crippen molar-refractivity contribution in [2.45, 2.75) is 44.6 Å². The normalized spacial score (nSPS) is 19.9. The summed E-state index contributed by atoms with van der Waals surface area (Å²) in [5.41, 5.74) is 4.12. The fourth-order valence-electron chi connectivity index (χ4n) is 2.76. The molecule has 4 heteroatoms. The van der Waals surface area contributed by atoms with Gasteiger partial charge in [0.2, 0.25) is 0 Å². The van der Waals surface area contributed by atoms with Gasteiger partial charge in [0.1, 0.15) is 0 Å². The molecular formula is C12H22N4. The van der Waals surface area contributed by atoms with Gasteiger partial charge in [-0.05, 0) is 18.4 Å². The van der Waals surface area contributed by atoms with Crippen LogP contribution in [0.3, 0.4) is 0 Å². The van der Waals surface area contributed by atoms with Crippen LogP contribution >= 0.6 is 0 Å². The van der Waals surface area contributed by atoms with E-state index in [0.717, 1.165) is 12.3 Å². The van der Waals surface area contributed by atoms with Crippen LogP contribution in [0.5, 0.6) is 0 Å². The van der Waals surface area contributed by atoms with E-state index in [1.807, 2.05) is 24.0 Å². The number of hydrogen-bond acceptors (Lipinski definition) is 3. The van der Waals surface area contributed by atoms with Gasteiger partial charge in [0.15, 0.2) is 0 Å². The van der Waals surface area contributed by atoms with Gasteiger partial charge in [0.05, 0.1) is 11.7 Å². The predicted molar refractivity (Wildman–Crippen MR) is 64.5 cm³/mol. The third kappa shape index (κ3) is 2.62. The lowest BCUT2D eigenvalue weighted by Crippen LogP contribution is -2.31. The Bertz CT molecular complexity index is 315. The minimum absolute atomic E-state index is 0.246. The molecular weight excluding hydrogens is 200 g/mol. The van der Waals surface area contributed by atoms with Crippen molar-refractivity contribution in [2.75, 3.05) is 0 Å². The molecule has 1 atom stereocenters. The topological polar surface area (TPSA) is 55.9 Å². The van der Waals surface area contributed by atoms with Crippen LogP contribution in [0.1, 0.15) is 50.3 Å². The van der Waals surface area contributed by atoms with Crippen LogP contribution in [-0.4, -0.2) is 9.78 Å². The molecule has 0 bridgehead atoms. The number of rotatable bonds is 4. The lowest BCUT2D eigenvalue weighted by molar-refractivity contribution is 0.295. The summed E-state index contributed by atoms with van der Waals surface area (Å²) in [4.78, 5) is 0. The highest BCUT2D eigenvalue weighted by atomic mass is 15.3. The smallest absolute Gasteiger partial charge is 0.0631 e. The molecule has 1 unspecified atom stereocenters. The first-order chi connectivity index (χ1) is 7.81. The van der Waals surface area contributed by atoms with Crippen molar-refractivity contribution in [1.82, 2.24) is 15.2 Å². The molecule has 1 saturated carbocycles. The van der Waals surface area contributed by atoms with Gasteiger partial charge in [-0.2, -0.15) is 5.10 Å². The van der Waals surface area contributed by atoms with Crippen molar-refractivity contribution in [3.05, 3.63) is 18.0 Å². The van der Waals surface area contributed by atoms with E-state index >= 15 is 0 Å². The average Bonchev–Trinajstić information content (AvgIpc) is 2.74. The van der Waals surface area contributed by atoms with Gasteiger partial charge >= 0.3 is 0 Å². The summed E-state index contributed by atoms with van der Waals surface area (Å²) < 4.78 is 1.91. The molecule has 2 rings (SSSR count). The summed E-state index contributed by atoms with van der Waals surface area (Å²) in [6.07, 6.45) is 9.85. The third-order valence-electron chi connectivity index (χ3n) is 3.71. The monoisotopic (exact) mass is 222 g/mol. The van der Waals surface area contributed by atoms with E-state index in [-0.39, 0.29) is 6.04 Å². The Morgan fingerprint density at radius 3 is 2.81 bits per heavy atom. The van der Waals surface area contributed by atoms with Gasteiger partial charge in [-0.15, -0.1) is 0 Å². The van der Waals surface area contributed by atoms with Crippen LogP contribution in [0.4, 0.5) is 0 Å². The molecule has 1 aromatic heterocycles. The maximum atomic E-state index is 5.66. The van der Waals surface area contributed by atoms with E-state index in [1.54, 1.807) is 0 Å². The Hall–Kier alpha value is -0.870. The number of aromatic nitrogens is 2. The Morgan fingerprint density at radius 2 is 2.25 bits per heavy atom. The van der Waals surface area contributed by atoms with Crippen molar-refractivity contribution in [1.29, 1.82) is 0 Å². The third-order valence-corrected chi connectivity index (χ3v) is 3.71. The summed E-state index contributed by atoms with van der Waals surface area (Å²) in [5.74, 6) is 6.48. The zero-order valence-corrected chi connectivity index (χ0v) is 10.0. The quantitative estimate of drug-likeness (QED) is 0.604. The number of hydrazine groups is 1. The highest BCUT2D eigenvalue weighted by Crippen LogP contribution is 2.31. The lowest BCUT2D eigenvalue weighted by atomic mass is 9.84. The Labute approximate surface area is 97.2 Å². The Kier molecular flexibility index (Phi) is 3.96. The molecule has 0 aromatic carbocycles. The second-order valence-electron chi connectivity index (χ2n) is 4.84. The van der Waals surface area contributed by atoms with E-state index in [4.69, 9.17) is 5.84 Å². The van der Waals surface area contributed by atoms with Gasteiger partial charge in [-0.1, -0.05) is 32.1 Å². The Morgan fingerprint density at radius 1 is 1.50 bits per heavy atom. The molecule has 0 saturated heterocycles. The van der Waals surface area contributed by atoms with Crippen molar-refractivity contribution < 1.29 is 0 Å². The first-order valence-electron chi connectivity index (χ1n) is 6.25. The molecule has 3 N–H and O–H groups in total. The van der Waals surface area contributed by atoms with Gasteiger partial charge in [-0.25, -0.2) is 0 Å². The molecule has 0 spiro atoms. The van der Waals surface area contributed by atoms with Gasteiger partial charge < -0.3 is 0 Å². The molecule has 0 radical (unpaired) electrons. The van der Waals surface area contributed by atoms with Crippen LogP contribution in [-0.2, 0) is 7.05 Å². The molecule has 4 nitrogen and oxygen atoms in total. The van der Waals surface area contributed by atoms with E-state index in [9.17, 15) is 0 Å². The van der Waals surface area contributed by atoms with Crippen LogP contribution < -0.4 is 11.3 Å². The van der Waals surface area contributed by atoms with Crippen LogP contribution in [0.25, 0.3) is 0 Å². The highest BCUT2D eigenvalue weighted by Gasteiger charge is 2.20. The molecule has 1 aromatic rings. The second kappa shape index (κ2) is 5.46. The van der Waals surface area contributed by atoms with E-state index in [2.05, 4.69) is 10.5 Å². The minimum atomic E-state index is 0.246. The van der Waals surface area contributed by atoms with Crippen molar-refractivity contribution >= 4 is 0 Å². The van der Waals surface area contributed by atoms with E-state index in [1.165, 1.54) is 37.8 Å². The Balaban J connectivity index is 1.97. The van der Waals surface area contributed by atoms with Gasteiger partial charge in [0, 0.05) is 13.2 Å². The molecule has 1 heterocycles. The van der Waals surface area contributed by atoms with Crippen LogP contribution in [0, 0.1) is 5.92 Å². The summed E-state index contributed by atoms with van der Waals surface area (Å²) in [5, 5.41) is 4.20. The van der Waals surface area contributed by atoms with E-state index in [0.29, 0.717) is 0 Å². The summed E-state index contributed by atoms with van der Waals surface area (Å²) in [6.45, 7) is 0. The number of nitrogens with zero attached hydrogens (tertiary/aromatic N) is 2. The van der Waals surface area contributed by atoms with Crippen molar-refractivity contribution in [2.24, 2.45) is 18.8 Å². The maximum Gasteiger partial charge on any atom is 0.0631 e. The predicted octanol–water partition coefficient (Wildman–Crippen LogP) is 1.89. The molecule has 0 amide bonds. The standard InChI is InChI=1S/C12H22N4/c1-16-12(7-8-14-16)11(15-13)9-10-5-3-2-4-6-10/h7-8,10-11,15H,2-6,9,13H2,1H3. The SMILES string of the molecule is Cn1nccc1C(CC1CCCCC1)NN. The molecule has 16 heavy (non-hydrogen) atoms.